The lowest BCUT2D eigenvalue weighted by Crippen LogP contribution is -2.39. The number of carbonyl (C=O) groups excluding carboxylic acids is 2. The number of hydrogen-bond donors (Lipinski definition) is 1. The largest absolute Gasteiger partial charge is 0.481 e. The second-order valence-corrected chi connectivity index (χ2v) is 11.8. The van der Waals surface area contributed by atoms with E-state index in [4.69, 9.17) is 4.98 Å². The molecule has 3 aliphatic rings. The average Bonchev–Trinajstić information content (AvgIpc) is 3.29. The quantitative estimate of drug-likeness (QED) is 0.378. The molecule has 3 heterocycles. The SMILES string of the molecule is CN1C(=O)Cc2ncc(-c3ccccc3-c3csc(N(C(=O)C(CC(=O)O)CC4CCCC4)C4CC4)n3)cc21. The van der Waals surface area contributed by atoms with E-state index in [1.807, 2.05) is 35.7 Å². The van der Waals surface area contributed by atoms with Gasteiger partial charge in [-0.15, -0.1) is 11.3 Å². The fraction of sp³-hybridized carbons (Fsp3) is 0.433. The van der Waals surface area contributed by atoms with Gasteiger partial charge in [0.15, 0.2) is 5.13 Å². The van der Waals surface area contributed by atoms with Crippen molar-refractivity contribution in [3.63, 3.8) is 0 Å². The Hall–Kier alpha value is -3.59. The number of aliphatic carboxylic acids is 1. The number of pyridine rings is 1. The van der Waals surface area contributed by atoms with Gasteiger partial charge in [0.05, 0.1) is 29.9 Å². The number of amides is 2. The third kappa shape index (κ3) is 5.20. The maximum absolute atomic E-state index is 13.8. The molecule has 9 heteroatoms. The summed E-state index contributed by atoms with van der Waals surface area (Å²) in [7, 11) is 1.77. The predicted molar refractivity (Wildman–Crippen MR) is 151 cm³/mol. The minimum atomic E-state index is -0.925. The number of rotatable bonds is 9. The van der Waals surface area contributed by atoms with Gasteiger partial charge >= 0.3 is 5.97 Å². The van der Waals surface area contributed by atoms with Crippen LogP contribution in [0, 0.1) is 11.8 Å². The Labute approximate surface area is 231 Å². The van der Waals surface area contributed by atoms with Crippen LogP contribution in [-0.4, -0.2) is 45.9 Å². The standard InChI is InChI=1S/C30H32N4O4S/c1-33-26-13-20(16-31-24(26)15-27(33)35)22-8-4-5-9-23(22)25-17-39-30(32-25)34(21-10-11-21)29(38)19(14-28(36)37)12-18-6-2-3-7-18/h4-5,8-9,13,16-19,21H,2-3,6-7,10-12,14-15H2,1H3,(H,36,37). The van der Waals surface area contributed by atoms with Crippen LogP contribution < -0.4 is 9.80 Å². The maximum atomic E-state index is 13.8. The van der Waals surface area contributed by atoms with Crippen molar-refractivity contribution >= 4 is 39.9 Å². The summed E-state index contributed by atoms with van der Waals surface area (Å²) in [6.07, 6.45) is 8.91. The highest BCUT2D eigenvalue weighted by Gasteiger charge is 2.40. The number of carboxylic acids is 1. The van der Waals surface area contributed by atoms with Gasteiger partial charge in [-0.3, -0.25) is 24.3 Å². The zero-order chi connectivity index (χ0) is 27.1. The molecular weight excluding hydrogens is 512 g/mol. The zero-order valence-corrected chi connectivity index (χ0v) is 22.8. The van der Waals surface area contributed by atoms with E-state index in [0.717, 1.165) is 72.3 Å². The second kappa shape index (κ2) is 10.5. The molecule has 1 atom stereocenters. The van der Waals surface area contributed by atoms with Crippen LogP contribution >= 0.6 is 11.3 Å². The molecule has 1 aromatic carbocycles. The Kier molecular flexibility index (Phi) is 6.93. The number of benzene rings is 1. The van der Waals surface area contributed by atoms with Crippen molar-refractivity contribution in [2.75, 3.05) is 16.8 Å². The maximum Gasteiger partial charge on any atom is 0.304 e. The van der Waals surface area contributed by atoms with E-state index in [1.54, 1.807) is 23.0 Å². The van der Waals surface area contributed by atoms with Crippen molar-refractivity contribution in [3.05, 3.63) is 47.6 Å². The highest BCUT2D eigenvalue weighted by atomic mass is 32.1. The summed E-state index contributed by atoms with van der Waals surface area (Å²) < 4.78 is 0. The summed E-state index contributed by atoms with van der Waals surface area (Å²) >= 11 is 1.43. The number of fused-ring (bicyclic) bond motifs is 1. The van der Waals surface area contributed by atoms with Crippen LogP contribution in [0.4, 0.5) is 10.8 Å². The number of nitrogens with zero attached hydrogens (tertiary/aromatic N) is 4. The molecule has 2 saturated carbocycles. The Balaban J connectivity index is 1.30. The molecule has 1 unspecified atom stereocenters. The van der Waals surface area contributed by atoms with Crippen molar-refractivity contribution in [1.82, 2.24) is 9.97 Å². The summed E-state index contributed by atoms with van der Waals surface area (Å²) in [5.41, 5.74) is 5.14. The topological polar surface area (TPSA) is 104 Å². The molecule has 202 valence electrons. The fourth-order valence-electron chi connectivity index (χ4n) is 6.00. The zero-order valence-electron chi connectivity index (χ0n) is 22.0. The van der Waals surface area contributed by atoms with Crippen molar-refractivity contribution in [1.29, 1.82) is 0 Å². The summed E-state index contributed by atoms with van der Waals surface area (Å²) in [6.45, 7) is 0. The molecule has 2 fully saturated rings. The molecule has 2 aromatic heterocycles. The van der Waals surface area contributed by atoms with Crippen LogP contribution in [0.5, 0.6) is 0 Å². The van der Waals surface area contributed by atoms with Gasteiger partial charge in [0.1, 0.15) is 0 Å². The van der Waals surface area contributed by atoms with Gasteiger partial charge in [0.25, 0.3) is 0 Å². The van der Waals surface area contributed by atoms with Gasteiger partial charge in [0.2, 0.25) is 11.8 Å². The van der Waals surface area contributed by atoms with E-state index >= 15 is 0 Å². The second-order valence-electron chi connectivity index (χ2n) is 11.0. The van der Waals surface area contributed by atoms with Crippen LogP contribution in [0.2, 0.25) is 0 Å². The molecule has 1 N–H and O–H groups in total. The van der Waals surface area contributed by atoms with E-state index in [-0.39, 0.29) is 24.3 Å². The van der Waals surface area contributed by atoms with Crippen LogP contribution in [-0.2, 0) is 20.8 Å². The Morgan fingerprint density at radius 2 is 1.90 bits per heavy atom. The Morgan fingerprint density at radius 1 is 1.15 bits per heavy atom. The average molecular weight is 545 g/mol. The lowest BCUT2D eigenvalue weighted by molar-refractivity contribution is -0.141. The molecule has 1 aliphatic heterocycles. The first-order valence-electron chi connectivity index (χ1n) is 13.7. The van der Waals surface area contributed by atoms with Gasteiger partial charge in [-0.25, -0.2) is 4.98 Å². The molecule has 6 rings (SSSR count). The minimum Gasteiger partial charge on any atom is -0.481 e. The van der Waals surface area contributed by atoms with Gasteiger partial charge < -0.3 is 10.0 Å². The molecule has 0 radical (unpaired) electrons. The van der Waals surface area contributed by atoms with Crippen LogP contribution in [0.25, 0.3) is 22.4 Å². The number of thiazole rings is 1. The molecule has 8 nitrogen and oxygen atoms in total. The first-order chi connectivity index (χ1) is 18.9. The highest BCUT2D eigenvalue weighted by molar-refractivity contribution is 7.14. The van der Waals surface area contributed by atoms with E-state index in [1.165, 1.54) is 11.3 Å². The molecule has 3 aromatic rings. The van der Waals surface area contributed by atoms with E-state index in [9.17, 15) is 19.5 Å². The lowest BCUT2D eigenvalue weighted by atomic mass is 9.90. The highest BCUT2D eigenvalue weighted by Crippen LogP contribution is 2.41. The number of anilines is 2. The lowest BCUT2D eigenvalue weighted by Gasteiger charge is -2.26. The number of carboxylic acid groups (broad SMARTS) is 1. The number of likely N-dealkylation sites (N-methyl/N-ethyl adjacent to an activating group) is 1. The summed E-state index contributed by atoms with van der Waals surface area (Å²) in [5.74, 6) is -1.09. The fourth-order valence-corrected chi connectivity index (χ4v) is 6.90. The summed E-state index contributed by atoms with van der Waals surface area (Å²) in [6, 6.07) is 10.0. The van der Waals surface area contributed by atoms with Crippen molar-refractivity contribution in [3.8, 4) is 22.4 Å². The Morgan fingerprint density at radius 3 is 2.62 bits per heavy atom. The number of carbonyl (C=O) groups is 3. The number of aromatic nitrogens is 2. The summed E-state index contributed by atoms with van der Waals surface area (Å²) in [4.78, 5) is 50.6. The molecule has 2 aliphatic carbocycles. The first kappa shape index (κ1) is 25.7. The van der Waals surface area contributed by atoms with Crippen molar-refractivity contribution < 1.29 is 19.5 Å². The van der Waals surface area contributed by atoms with Gasteiger partial charge in [0, 0.05) is 41.7 Å². The smallest absolute Gasteiger partial charge is 0.304 e. The number of hydrogen-bond acceptors (Lipinski definition) is 6. The third-order valence-corrected chi connectivity index (χ3v) is 9.07. The third-order valence-electron chi connectivity index (χ3n) is 8.23. The molecule has 0 spiro atoms. The molecular formula is C30H32N4O4S. The van der Waals surface area contributed by atoms with E-state index < -0.39 is 11.9 Å². The minimum absolute atomic E-state index is 0.0334. The van der Waals surface area contributed by atoms with Crippen LogP contribution in [0.3, 0.4) is 0 Å². The van der Waals surface area contributed by atoms with Crippen LogP contribution in [0.15, 0.2) is 41.9 Å². The molecule has 2 amide bonds. The molecule has 0 bridgehead atoms. The predicted octanol–water partition coefficient (Wildman–Crippen LogP) is 5.56. The van der Waals surface area contributed by atoms with Crippen molar-refractivity contribution in [2.24, 2.45) is 11.8 Å². The normalized spacial score (nSPS) is 17.9. The van der Waals surface area contributed by atoms with E-state index in [2.05, 4.69) is 4.98 Å². The molecule has 0 saturated heterocycles. The first-order valence-corrected chi connectivity index (χ1v) is 14.6. The Bertz CT molecular complexity index is 1430. The van der Waals surface area contributed by atoms with Crippen molar-refractivity contribution in [2.45, 2.75) is 63.8 Å². The monoisotopic (exact) mass is 544 g/mol. The van der Waals surface area contributed by atoms with Gasteiger partial charge in [-0.05, 0) is 36.8 Å². The summed E-state index contributed by atoms with van der Waals surface area (Å²) in [5, 5.41) is 12.2. The van der Waals surface area contributed by atoms with Crippen LogP contribution in [0.1, 0.15) is 57.1 Å². The van der Waals surface area contributed by atoms with E-state index in [0.29, 0.717) is 23.9 Å². The molecule has 39 heavy (non-hydrogen) atoms. The van der Waals surface area contributed by atoms with Gasteiger partial charge in [-0.2, -0.15) is 0 Å². The van der Waals surface area contributed by atoms with Gasteiger partial charge in [-0.1, -0.05) is 49.9 Å².